The van der Waals surface area contributed by atoms with Gasteiger partial charge >= 0.3 is 5.97 Å². The number of halogens is 1. The first-order valence-corrected chi connectivity index (χ1v) is 6.76. The summed E-state index contributed by atoms with van der Waals surface area (Å²) in [6, 6.07) is 5.83. The average molecular weight is 336 g/mol. The molecule has 2 rings (SSSR count). The third kappa shape index (κ3) is 2.80. The largest absolute Gasteiger partial charge is 0.477 e. The number of rotatable bonds is 3. The van der Waals surface area contributed by atoms with Crippen molar-refractivity contribution < 1.29 is 9.90 Å². The van der Waals surface area contributed by atoms with Gasteiger partial charge in [0.15, 0.2) is 5.82 Å². The Morgan fingerprint density at radius 1 is 1.35 bits per heavy atom. The number of carbonyl (C=O) groups is 1. The van der Waals surface area contributed by atoms with Gasteiger partial charge in [-0.3, -0.25) is 0 Å². The second-order valence-electron chi connectivity index (χ2n) is 4.45. The van der Waals surface area contributed by atoms with Crippen LogP contribution >= 0.6 is 15.9 Å². The van der Waals surface area contributed by atoms with Crippen LogP contribution in [0.4, 0.5) is 11.5 Å². The molecule has 1 heterocycles. The van der Waals surface area contributed by atoms with Gasteiger partial charge in [-0.15, -0.1) is 0 Å². The van der Waals surface area contributed by atoms with E-state index in [2.05, 4.69) is 25.9 Å². The minimum atomic E-state index is -1.04. The Bertz CT molecular complexity index is 673. The van der Waals surface area contributed by atoms with Gasteiger partial charge in [0.05, 0.1) is 0 Å². The lowest BCUT2D eigenvalue weighted by molar-refractivity contribution is 0.0697. The molecule has 1 aromatic heterocycles. The van der Waals surface area contributed by atoms with Crippen molar-refractivity contribution in [1.29, 1.82) is 0 Å². The molecule has 0 radical (unpaired) electrons. The highest BCUT2D eigenvalue weighted by Crippen LogP contribution is 2.30. The van der Waals surface area contributed by atoms with Crippen molar-refractivity contribution in [3.63, 3.8) is 0 Å². The first kappa shape index (κ1) is 14.5. The van der Waals surface area contributed by atoms with Gasteiger partial charge < -0.3 is 10.0 Å². The van der Waals surface area contributed by atoms with Crippen LogP contribution in [0.3, 0.4) is 0 Å². The smallest absolute Gasteiger partial charge is 0.341 e. The van der Waals surface area contributed by atoms with E-state index in [0.717, 1.165) is 15.7 Å². The summed E-state index contributed by atoms with van der Waals surface area (Å²) in [5.41, 5.74) is 2.00. The zero-order valence-corrected chi connectivity index (χ0v) is 13.0. The van der Waals surface area contributed by atoms with Crippen LogP contribution in [0.1, 0.15) is 21.7 Å². The van der Waals surface area contributed by atoms with Crippen molar-refractivity contribution in [3.05, 3.63) is 45.8 Å². The monoisotopic (exact) mass is 335 g/mol. The first-order valence-electron chi connectivity index (χ1n) is 5.97. The van der Waals surface area contributed by atoms with Crippen LogP contribution in [0.5, 0.6) is 0 Å². The average Bonchev–Trinajstić information content (AvgIpc) is 2.40. The van der Waals surface area contributed by atoms with Gasteiger partial charge in [-0.1, -0.05) is 22.0 Å². The number of carboxylic acids is 1. The Hall–Kier alpha value is -1.95. The van der Waals surface area contributed by atoms with Crippen molar-refractivity contribution in [2.24, 2.45) is 0 Å². The van der Waals surface area contributed by atoms with Gasteiger partial charge in [0.1, 0.15) is 11.4 Å². The third-order valence-corrected chi connectivity index (χ3v) is 3.46. The molecule has 1 aromatic carbocycles. The predicted molar refractivity (Wildman–Crippen MR) is 80.7 cm³/mol. The van der Waals surface area contributed by atoms with Gasteiger partial charge in [-0.05, 0) is 31.5 Å². The number of anilines is 2. The van der Waals surface area contributed by atoms with Crippen LogP contribution in [-0.2, 0) is 0 Å². The summed E-state index contributed by atoms with van der Waals surface area (Å²) in [4.78, 5) is 21.3. The van der Waals surface area contributed by atoms with E-state index in [4.69, 9.17) is 0 Å². The molecule has 0 aliphatic carbocycles. The molecule has 0 aliphatic heterocycles. The summed E-state index contributed by atoms with van der Waals surface area (Å²) in [7, 11) is 1.79. The van der Waals surface area contributed by atoms with Crippen molar-refractivity contribution in [1.82, 2.24) is 9.97 Å². The number of hydrogen-bond acceptors (Lipinski definition) is 4. The van der Waals surface area contributed by atoms with Crippen molar-refractivity contribution >= 4 is 33.4 Å². The molecule has 0 fully saturated rings. The topological polar surface area (TPSA) is 66.3 Å². The molecule has 0 bridgehead atoms. The summed E-state index contributed by atoms with van der Waals surface area (Å²) in [5, 5.41) is 9.26. The maximum Gasteiger partial charge on any atom is 0.341 e. The Kier molecular flexibility index (Phi) is 4.04. The molecule has 0 unspecified atom stereocenters. The number of aromatic nitrogens is 2. The maximum absolute atomic E-state index is 11.3. The summed E-state index contributed by atoms with van der Waals surface area (Å²) >= 11 is 3.42. The van der Waals surface area contributed by atoms with Crippen LogP contribution in [0.15, 0.2) is 28.9 Å². The van der Waals surface area contributed by atoms with Crippen molar-refractivity contribution in [2.45, 2.75) is 13.8 Å². The van der Waals surface area contributed by atoms with Crippen molar-refractivity contribution in [3.8, 4) is 0 Å². The predicted octanol–water partition coefficient (Wildman–Crippen LogP) is 3.32. The normalized spacial score (nSPS) is 10.4. The molecule has 20 heavy (non-hydrogen) atoms. The molecule has 0 amide bonds. The molecule has 0 spiro atoms. The van der Waals surface area contributed by atoms with E-state index in [1.54, 1.807) is 18.9 Å². The number of hydrogen-bond donors (Lipinski definition) is 1. The van der Waals surface area contributed by atoms with E-state index in [9.17, 15) is 9.90 Å². The van der Waals surface area contributed by atoms with Gasteiger partial charge in [0.2, 0.25) is 0 Å². The fourth-order valence-corrected chi connectivity index (χ4v) is 2.27. The first-order chi connectivity index (χ1) is 9.40. The molecule has 5 nitrogen and oxygen atoms in total. The summed E-state index contributed by atoms with van der Waals surface area (Å²) in [6.45, 7) is 3.70. The number of aromatic carboxylic acids is 1. The number of carboxylic acid groups (broad SMARTS) is 1. The Balaban J connectivity index is 2.58. The Labute approximate surface area is 125 Å². The number of benzene rings is 1. The van der Waals surface area contributed by atoms with Gasteiger partial charge in [-0.2, -0.15) is 0 Å². The Morgan fingerprint density at radius 2 is 2.05 bits per heavy atom. The lowest BCUT2D eigenvalue weighted by Gasteiger charge is -2.22. The molecule has 1 N–H and O–H groups in total. The molecule has 104 valence electrons. The van der Waals surface area contributed by atoms with Gasteiger partial charge in [-0.25, -0.2) is 14.8 Å². The summed E-state index contributed by atoms with van der Waals surface area (Å²) in [6.07, 6.45) is 1.34. The maximum atomic E-state index is 11.3. The standard InChI is InChI=1S/C14H14BrN3O2/c1-8-4-5-10(15)6-12(8)18(3)13-11(14(19)20)7-16-9(2)17-13/h4-7H,1-3H3,(H,19,20). The molecule has 2 aromatic rings. The lowest BCUT2D eigenvalue weighted by Crippen LogP contribution is -2.18. The molecule has 0 saturated carbocycles. The SMILES string of the molecule is Cc1ncc(C(=O)O)c(N(C)c2cc(Br)ccc2C)n1. The second kappa shape index (κ2) is 5.58. The fraction of sp³-hybridized carbons (Fsp3) is 0.214. The fourth-order valence-electron chi connectivity index (χ4n) is 1.92. The van der Waals surface area contributed by atoms with E-state index in [-0.39, 0.29) is 5.56 Å². The summed E-state index contributed by atoms with van der Waals surface area (Å²) < 4.78 is 0.924. The molecule has 0 saturated heterocycles. The van der Waals surface area contributed by atoms with Crippen LogP contribution in [0.25, 0.3) is 0 Å². The number of aryl methyl sites for hydroxylation is 2. The lowest BCUT2D eigenvalue weighted by atomic mass is 10.1. The zero-order chi connectivity index (χ0) is 14.9. The minimum absolute atomic E-state index is 0.0810. The van der Waals surface area contributed by atoms with Crippen LogP contribution in [0.2, 0.25) is 0 Å². The van der Waals surface area contributed by atoms with Crippen LogP contribution in [0, 0.1) is 13.8 Å². The van der Waals surface area contributed by atoms with E-state index < -0.39 is 5.97 Å². The molecule has 0 aliphatic rings. The minimum Gasteiger partial charge on any atom is -0.477 e. The third-order valence-electron chi connectivity index (χ3n) is 2.97. The Morgan fingerprint density at radius 3 is 2.70 bits per heavy atom. The van der Waals surface area contributed by atoms with Gasteiger partial charge in [0.25, 0.3) is 0 Å². The van der Waals surface area contributed by atoms with Crippen LogP contribution in [-0.4, -0.2) is 28.1 Å². The van der Waals surface area contributed by atoms with E-state index in [0.29, 0.717) is 11.6 Å². The second-order valence-corrected chi connectivity index (χ2v) is 5.37. The highest BCUT2D eigenvalue weighted by Gasteiger charge is 2.18. The van der Waals surface area contributed by atoms with E-state index in [1.165, 1.54) is 6.20 Å². The zero-order valence-electron chi connectivity index (χ0n) is 11.4. The van der Waals surface area contributed by atoms with E-state index >= 15 is 0 Å². The van der Waals surface area contributed by atoms with Crippen LogP contribution < -0.4 is 4.90 Å². The molecule has 0 atom stereocenters. The number of nitrogens with zero attached hydrogens (tertiary/aromatic N) is 3. The highest BCUT2D eigenvalue weighted by molar-refractivity contribution is 9.10. The summed E-state index contributed by atoms with van der Waals surface area (Å²) in [5.74, 6) is -0.129. The highest BCUT2D eigenvalue weighted by atomic mass is 79.9. The quantitative estimate of drug-likeness (QED) is 0.931. The van der Waals surface area contributed by atoms with Crippen molar-refractivity contribution in [2.75, 3.05) is 11.9 Å². The molecular weight excluding hydrogens is 322 g/mol. The molecule has 6 heteroatoms. The molecular formula is C14H14BrN3O2. The van der Waals surface area contributed by atoms with E-state index in [1.807, 2.05) is 25.1 Å². The van der Waals surface area contributed by atoms with Gasteiger partial charge in [0, 0.05) is 23.4 Å².